The molecule has 6 amide bonds. The Morgan fingerprint density at radius 2 is 0.750 bits per heavy atom. The molecule has 7 heteroatoms. The lowest BCUT2D eigenvalue weighted by molar-refractivity contribution is -0.142. The number of hydrogen-bond acceptors (Lipinski definition) is 5. The van der Waals surface area contributed by atoms with E-state index in [9.17, 15) is 24.0 Å². The Labute approximate surface area is 92.0 Å². The van der Waals surface area contributed by atoms with Crippen LogP contribution in [0.5, 0.6) is 0 Å². The summed E-state index contributed by atoms with van der Waals surface area (Å²) >= 11 is 0. The molecule has 88 valence electrons. The van der Waals surface area contributed by atoms with E-state index in [0.29, 0.717) is 0 Å². The highest BCUT2D eigenvalue weighted by Gasteiger charge is 2.32. The number of hydrogen-bond donors (Lipinski definition) is 0. The van der Waals surface area contributed by atoms with Crippen LogP contribution in [0.3, 0.4) is 0 Å². The molecule has 0 aromatic rings. The number of carbonyl (C=O) groups is 5. The smallest absolute Gasteiger partial charge is 0.274 e. The van der Waals surface area contributed by atoms with Crippen LogP contribution in [0.15, 0.2) is 0 Å². The first-order valence-electron chi connectivity index (χ1n) is 4.36. The molecule has 0 radical (unpaired) electrons. The van der Waals surface area contributed by atoms with E-state index in [-0.39, 0.29) is 9.80 Å². The largest absolute Gasteiger partial charge is 0.347 e. The Morgan fingerprint density at radius 3 is 0.875 bits per heavy atom. The van der Waals surface area contributed by atoms with Gasteiger partial charge in [-0.15, -0.1) is 0 Å². The average Bonchev–Trinajstić information content (AvgIpc) is 1.99. The van der Waals surface area contributed by atoms with E-state index in [2.05, 4.69) is 0 Å². The van der Waals surface area contributed by atoms with Gasteiger partial charge in [-0.3, -0.25) is 19.2 Å². The zero-order valence-electron chi connectivity index (χ0n) is 9.44. The van der Waals surface area contributed by atoms with Crippen molar-refractivity contribution >= 4 is 29.7 Å². The average molecular weight is 228 g/mol. The number of nitrogens with zero attached hydrogens (tertiary/aromatic N) is 2. The molecule has 16 heavy (non-hydrogen) atoms. The van der Waals surface area contributed by atoms with Crippen LogP contribution in [-0.2, 0) is 19.2 Å². The molecular formula is C9H12N2O5. The highest BCUT2D eigenvalue weighted by Crippen LogP contribution is 2.02. The minimum Gasteiger partial charge on any atom is -0.274 e. The molecule has 0 aliphatic carbocycles. The third kappa shape index (κ3) is 2.97. The fraction of sp³-hybridized carbons (Fsp3) is 0.444. The molecule has 0 aliphatic rings. The summed E-state index contributed by atoms with van der Waals surface area (Å²) in [4.78, 5) is 56.1. The lowest BCUT2D eigenvalue weighted by atomic mass is 10.4. The number of carbonyl (C=O) groups excluding carboxylic acids is 5. The molecule has 0 unspecified atom stereocenters. The van der Waals surface area contributed by atoms with Crippen molar-refractivity contribution in [2.45, 2.75) is 27.7 Å². The normalized spacial score (nSPS) is 9.25. The third-order valence-electron chi connectivity index (χ3n) is 1.64. The van der Waals surface area contributed by atoms with Crippen molar-refractivity contribution in [3.8, 4) is 0 Å². The Morgan fingerprint density at radius 1 is 0.562 bits per heavy atom. The second kappa shape index (κ2) is 5.15. The third-order valence-corrected chi connectivity index (χ3v) is 1.64. The van der Waals surface area contributed by atoms with Crippen molar-refractivity contribution < 1.29 is 24.0 Å². The summed E-state index contributed by atoms with van der Waals surface area (Å²) in [5.74, 6) is -3.43. The lowest BCUT2D eigenvalue weighted by Gasteiger charge is -2.21. The number of rotatable bonds is 0. The monoisotopic (exact) mass is 228 g/mol. The SMILES string of the molecule is CC(=O)N(C(C)=O)C(=O)N(C(C)=O)C(C)=O. The number of urea groups is 1. The zero-order chi connectivity index (χ0) is 13.0. The van der Waals surface area contributed by atoms with Crippen LogP contribution in [0.1, 0.15) is 27.7 Å². The summed E-state index contributed by atoms with van der Waals surface area (Å²) in [5, 5.41) is 0. The van der Waals surface area contributed by atoms with E-state index in [4.69, 9.17) is 0 Å². The zero-order valence-corrected chi connectivity index (χ0v) is 9.44. The molecule has 0 aromatic heterocycles. The van der Waals surface area contributed by atoms with Crippen LogP contribution in [0, 0.1) is 0 Å². The van der Waals surface area contributed by atoms with Crippen LogP contribution in [0.2, 0.25) is 0 Å². The van der Waals surface area contributed by atoms with Gasteiger partial charge in [-0.2, -0.15) is 9.80 Å². The van der Waals surface area contributed by atoms with Crippen LogP contribution >= 0.6 is 0 Å². The summed E-state index contributed by atoms with van der Waals surface area (Å²) in [6, 6.07) is -1.25. The summed E-state index contributed by atoms with van der Waals surface area (Å²) < 4.78 is 0. The van der Waals surface area contributed by atoms with Gasteiger partial charge in [0.1, 0.15) is 0 Å². The minimum atomic E-state index is -1.25. The van der Waals surface area contributed by atoms with Gasteiger partial charge in [0.15, 0.2) is 0 Å². The topological polar surface area (TPSA) is 91.8 Å². The van der Waals surface area contributed by atoms with E-state index in [0.717, 1.165) is 27.7 Å². The highest BCUT2D eigenvalue weighted by molar-refractivity contribution is 6.18. The van der Waals surface area contributed by atoms with E-state index >= 15 is 0 Å². The standard InChI is InChI=1S/C9H12N2O5/c1-5(12)10(6(2)13)9(16)11(7(3)14)8(4)15/h1-4H3. The van der Waals surface area contributed by atoms with Crippen molar-refractivity contribution in [3.63, 3.8) is 0 Å². The molecule has 0 N–H and O–H groups in total. The lowest BCUT2D eigenvalue weighted by Crippen LogP contribution is -2.51. The molecule has 0 atom stereocenters. The second-order valence-corrected chi connectivity index (χ2v) is 3.03. The van der Waals surface area contributed by atoms with E-state index < -0.39 is 29.7 Å². The first kappa shape index (κ1) is 13.9. The predicted octanol–water partition coefficient (Wildman–Crippen LogP) is -0.104. The molecule has 0 aliphatic heterocycles. The van der Waals surface area contributed by atoms with Gasteiger partial charge in [-0.05, 0) is 0 Å². The van der Waals surface area contributed by atoms with E-state index in [1.165, 1.54) is 0 Å². The molecule has 7 nitrogen and oxygen atoms in total. The van der Waals surface area contributed by atoms with Crippen molar-refractivity contribution in [2.75, 3.05) is 0 Å². The Hall–Kier alpha value is -2.05. The number of amides is 6. The maximum atomic E-state index is 11.6. The van der Waals surface area contributed by atoms with Crippen LogP contribution in [-0.4, -0.2) is 39.5 Å². The van der Waals surface area contributed by atoms with E-state index in [1.807, 2.05) is 0 Å². The van der Waals surface area contributed by atoms with Crippen LogP contribution in [0.4, 0.5) is 4.79 Å². The van der Waals surface area contributed by atoms with Crippen molar-refractivity contribution in [1.82, 2.24) is 9.80 Å². The molecular weight excluding hydrogens is 216 g/mol. The maximum absolute atomic E-state index is 11.6. The van der Waals surface area contributed by atoms with Gasteiger partial charge in [0.2, 0.25) is 23.6 Å². The fourth-order valence-electron chi connectivity index (χ4n) is 1.08. The Kier molecular flexibility index (Phi) is 4.49. The van der Waals surface area contributed by atoms with Gasteiger partial charge in [0.25, 0.3) is 0 Å². The predicted molar refractivity (Wildman–Crippen MR) is 51.8 cm³/mol. The molecule has 0 fully saturated rings. The molecule has 0 saturated carbocycles. The Bertz CT molecular complexity index is 312. The summed E-state index contributed by atoms with van der Waals surface area (Å²) in [6.07, 6.45) is 0. The van der Waals surface area contributed by atoms with Gasteiger partial charge in [0, 0.05) is 27.7 Å². The van der Waals surface area contributed by atoms with Gasteiger partial charge in [0.05, 0.1) is 0 Å². The van der Waals surface area contributed by atoms with Gasteiger partial charge in [-0.1, -0.05) is 0 Å². The van der Waals surface area contributed by atoms with Crippen molar-refractivity contribution in [1.29, 1.82) is 0 Å². The van der Waals surface area contributed by atoms with Crippen LogP contribution in [0.25, 0.3) is 0 Å². The van der Waals surface area contributed by atoms with Gasteiger partial charge >= 0.3 is 6.03 Å². The fourth-order valence-corrected chi connectivity index (χ4v) is 1.08. The molecule has 0 saturated heterocycles. The maximum Gasteiger partial charge on any atom is 0.347 e. The first-order valence-corrected chi connectivity index (χ1v) is 4.36. The molecule has 0 aromatic carbocycles. The first-order chi connectivity index (χ1) is 7.20. The molecule has 0 rings (SSSR count). The number of imide groups is 6. The highest BCUT2D eigenvalue weighted by atomic mass is 16.2. The quantitative estimate of drug-likeness (QED) is 0.577. The van der Waals surface area contributed by atoms with Crippen LogP contribution < -0.4 is 0 Å². The van der Waals surface area contributed by atoms with Crippen molar-refractivity contribution in [3.05, 3.63) is 0 Å². The van der Waals surface area contributed by atoms with Gasteiger partial charge < -0.3 is 0 Å². The minimum absolute atomic E-state index is 0.225. The molecule has 0 bridgehead atoms. The molecule has 0 heterocycles. The van der Waals surface area contributed by atoms with Crippen molar-refractivity contribution in [2.24, 2.45) is 0 Å². The summed E-state index contributed by atoms with van der Waals surface area (Å²) in [6.45, 7) is 3.94. The van der Waals surface area contributed by atoms with Gasteiger partial charge in [-0.25, -0.2) is 4.79 Å². The second-order valence-electron chi connectivity index (χ2n) is 3.03. The van der Waals surface area contributed by atoms with E-state index in [1.54, 1.807) is 0 Å². The summed E-state index contributed by atoms with van der Waals surface area (Å²) in [5.41, 5.74) is 0. The molecule has 0 spiro atoms. The Balaban J connectivity index is 5.28. The summed E-state index contributed by atoms with van der Waals surface area (Å²) in [7, 11) is 0.